The Morgan fingerprint density at radius 1 is 1.19 bits per heavy atom. The van der Waals surface area contributed by atoms with Crippen LogP contribution in [0.15, 0.2) is 17.9 Å². The molecule has 1 aliphatic rings. The molecule has 164 valence electrons. The first-order chi connectivity index (χ1) is 14.8. The van der Waals surface area contributed by atoms with E-state index in [0.29, 0.717) is 5.82 Å². The Morgan fingerprint density at radius 3 is 2.58 bits per heavy atom. The maximum absolute atomic E-state index is 12.6. The quantitative estimate of drug-likeness (QED) is 0.486. The number of quaternary nitrogens is 1. The molecule has 1 aliphatic heterocycles. The largest absolute Gasteiger partial charge is 0.506 e. The number of aryl methyl sites for hydroxylation is 4. The molecule has 0 saturated heterocycles. The lowest BCUT2D eigenvalue weighted by Crippen LogP contribution is -3.10. The highest BCUT2D eigenvalue weighted by molar-refractivity contribution is 5.93. The molecule has 2 heterocycles. The molecule has 0 saturated carbocycles. The lowest BCUT2D eigenvalue weighted by Gasteiger charge is -2.16. The van der Waals surface area contributed by atoms with Gasteiger partial charge in [0.25, 0.3) is 5.91 Å². The van der Waals surface area contributed by atoms with Gasteiger partial charge < -0.3 is 19.9 Å². The van der Waals surface area contributed by atoms with Crippen LogP contribution in [0.1, 0.15) is 47.6 Å². The zero-order valence-corrected chi connectivity index (χ0v) is 18.7. The molecule has 0 bridgehead atoms. The van der Waals surface area contributed by atoms with E-state index in [0.717, 1.165) is 65.3 Å². The number of rotatable bonds is 6. The molecule has 0 aliphatic carbocycles. The number of carbonyl (C=O) groups excluding carboxylic acids is 1. The number of hydrogen-bond acceptors (Lipinski definition) is 5. The standard InChI is InChI=1S/C23H30N6O2/c1-15-10-16(2)22(17(3)11-15)25-21(31)14-28(4)13-19(30)18(12-24)23-27-26-20-8-6-5-7-9-29(20)23/h10-11,30H,5-9,13-14H2,1-4H3,(H,25,31)/p+1/b19-18-. The Bertz CT molecular complexity index is 1020. The third-order valence-corrected chi connectivity index (χ3v) is 5.61. The molecule has 3 rings (SSSR count). The lowest BCUT2D eigenvalue weighted by molar-refractivity contribution is -0.867. The number of carbonyl (C=O) groups is 1. The number of benzene rings is 1. The van der Waals surface area contributed by atoms with E-state index in [4.69, 9.17) is 0 Å². The summed E-state index contributed by atoms with van der Waals surface area (Å²) in [5.74, 6) is 1.06. The van der Waals surface area contributed by atoms with Crippen molar-refractivity contribution in [1.29, 1.82) is 5.26 Å². The summed E-state index contributed by atoms with van der Waals surface area (Å²) >= 11 is 0. The SMILES string of the molecule is Cc1cc(C)c(NC(=O)C[NH+](C)C/C(O)=C(\C#N)c2nnc3n2CCCCC3)c(C)c1. The van der Waals surface area contributed by atoms with E-state index >= 15 is 0 Å². The van der Waals surface area contributed by atoms with Crippen molar-refractivity contribution >= 4 is 17.2 Å². The maximum Gasteiger partial charge on any atom is 0.279 e. The number of aromatic nitrogens is 3. The summed E-state index contributed by atoms with van der Waals surface area (Å²) < 4.78 is 1.94. The molecule has 31 heavy (non-hydrogen) atoms. The van der Waals surface area contributed by atoms with Crippen LogP contribution in [0.5, 0.6) is 0 Å². The minimum Gasteiger partial charge on any atom is -0.506 e. The molecule has 1 atom stereocenters. The summed E-state index contributed by atoms with van der Waals surface area (Å²) in [7, 11) is 1.81. The molecule has 0 spiro atoms. The second kappa shape index (κ2) is 9.75. The Labute approximate surface area is 183 Å². The van der Waals surface area contributed by atoms with Crippen molar-refractivity contribution in [2.75, 3.05) is 25.5 Å². The minimum atomic E-state index is -0.143. The normalized spacial score (nSPS) is 15.3. The van der Waals surface area contributed by atoms with E-state index in [1.807, 2.05) is 44.5 Å². The summed E-state index contributed by atoms with van der Waals surface area (Å²) in [4.78, 5) is 13.3. The van der Waals surface area contributed by atoms with E-state index in [1.54, 1.807) is 0 Å². The highest BCUT2D eigenvalue weighted by Crippen LogP contribution is 2.22. The van der Waals surface area contributed by atoms with Crippen LogP contribution in [0.4, 0.5) is 5.69 Å². The molecule has 2 aromatic rings. The molecule has 0 fully saturated rings. The summed E-state index contributed by atoms with van der Waals surface area (Å²) in [6.07, 6.45) is 4.00. The molecule has 0 radical (unpaired) electrons. The summed E-state index contributed by atoms with van der Waals surface area (Å²) in [6.45, 7) is 7.02. The number of allylic oxidation sites excluding steroid dienone is 1. The average Bonchev–Trinajstić information content (AvgIpc) is 2.92. The van der Waals surface area contributed by atoms with Gasteiger partial charge in [-0.25, -0.2) is 0 Å². The van der Waals surface area contributed by atoms with Gasteiger partial charge in [-0.3, -0.25) is 4.79 Å². The number of nitrogens with one attached hydrogen (secondary N) is 2. The number of nitrogens with zero attached hydrogens (tertiary/aromatic N) is 4. The number of anilines is 1. The second-order valence-electron chi connectivity index (χ2n) is 8.47. The van der Waals surface area contributed by atoms with Gasteiger partial charge in [-0.15, -0.1) is 10.2 Å². The predicted octanol–water partition coefficient (Wildman–Crippen LogP) is 1.88. The molecule has 1 amide bonds. The van der Waals surface area contributed by atoms with Crippen molar-refractivity contribution in [3.05, 3.63) is 46.2 Å². The van der Waals surface area contributed by atoms with Gasteiger partial charge in [-0.2, -0.15) is 5.26 Å². The van der Waals surface area contributed by atoms with Crippen LogP contribution in [0.25, 0.3) is 5.57 Å². The smallest absolute Gasteiger partial charge is 0.279 e. The maximum atomic E-state index is 12.6. The van der Waals surface area contributed by atoms with Crippen molar-refractivity contribution in [3.63, 3.8) is 0 Å². The first-order valence-corrected chi connectivity index (χ1v) is 10.7. The van der Waals surface area contributed by atoms with E-state index in [-0.39, 0.29) is 30.3 Å². The van der Waals surface area contributed by atoms with Gasteiger partial charge >= 0.3 is 0 Å². The Kier molecular flexibility index (Phi) is 7.08. The van der Waals surface area contributed by atoms with Crippen molar-refractivity contribution in [1.82, 2.24) is 14.8 Å². The van der Waals surface area contributed by atoms with E-state index in [1.165, 1.54) is 0 Å². The second-order valence-corrected chi connectivity index (χ2v) is 8.47. The van der Waals surface area contributed by atoms with Gasteiger partial charge in [0.1, 0.15) is 24.0 Å². The Hall–Kier alpha value is -3.18. The fraction of sp³-hybridized carbons (Fsp3) is 0.478. The number of amides is 1. The van der Waals surface area contributed by atoms with Crippen LogP contribution >= 0.6 is 0 Å². The van der Waals surface area contributed by atoms with Crippen LogP contribution in [0.3, 0.4) is 0 Å². The first-order valence-electron chi connectivity index (χ1n) is 10.7. The van der Waals surface area contributed by atoms with E-state index < -0.39 is 0 Å². The third kappa shape index (κ3) is 5.30. The average molecular weight is 424 g/mol. The number of aliphatic hydroxyl groups excluding tert-OH is 1. The molecule has 3 N–H and O–H groups in total. The predicted molar refractivity (Wildman–Crippen MR) is 119 cm³/mol. The van der Waals surface area contributed by atoms with Gasteiger partial charge in [0.15, 0.2) is 18.1 Å². The number of fused-ring (bicyclic) bond motifs is 1. The Morgan fingerprint density at radius 2 is 1.90 bits per heavy atom. The molecular weight excluding hydrogens is 392 g/mol. The monoisotopic (exact) mass is 423 g/mol. The zero-order valence-electron chi connectivity index (χ0n) is 18.7. The minimum absolute atomic E-state index is 0.0741. The summed E-state index contributed by atoms with van der Waals surface area (Å²) in [6, 6.07) is 6.16. The fourth-order valence-electron chi connectivity index (χ4n) is 4.19. The van der Waals surface area contributed by atoms with Crippen molar-refractivity contribution in [3.8, 4) is 6.07 Å². The number of likely N-dealkylation sites (N-methyl/N-ethyl adjacent to an activating group) is 1. The Balaban J connectivity index is 1.70. The molecule has 8 heteroatoms. The van der Waals surface area contributed by atoms with Gasteiger partial charge in [0, 0.05) is 18.7 Å². The van der Waals surface area contributed by atoms with Gasteiger partial charge in [-0.1, -0.05) is 24.1 Å². The van der Waals surface area contributed by atoms with E-state index in [2.05, 4.69) is 21.6 Å². The summed E-state index contributed by atoms with van der Waals surface area (Å²) in [5.41, 5.74) is 4.15. The van der Waals surface area contributed by atoms with E-state index in [9.17, 15) is 15.2 Å². The molecule has 1 unspecified atom stereocenters. The zero-order chi connectivity index (χ0) is 22.5. The van der Waals surface area contributed by atoms with Gasteiger partial charge in [-0.05, 0) is 44.7 Å². The molecule has 1 aromatic carbocycles. The lowest BCUT2D eigenvalue weighted by atomic mass is 10.1. The highest BCUT2D eigenvalue weighted by atomic mass is 16.3. The highest BCUT2D eigenvalue weighted by Gasteiger charge is 2.23. The van der Waals surface area contributed by atoms with Gasteiger partial charge in [0.05, 0.1) is 7.05 Å². The number of hydrogen-bond donors (Lipinski definition) is 3. The first kappa shape index (κ1) is 22.5. The van der Waals surface area contributed by atoms with Crippen LogP contribution in [0, 0.1) is 32.1 Å². The molecular formula is C23H31N6O2+. The van der Waals surface area contributed by atoms with Crippen LogP contribution in [0.2, 0.25) is 0 Å². The van der Waals surface area contributed by atoms with Crippen molar-refractivity contribution in [2.24, 2.45) is 0 Å². The third-order valence-electron chi connectivity index (χ3n) is 5.61. The summed E-state index contributed by atoms with van der Waals surface area (Å²) in [5, 5.41) is 31.7. The topological polar surface area (TPSA) is 108 Å². The molecule has 8 nitrogen and oxygen atoms in total. The molecule has 1 aromatic heterocycles. The van der Waals surface area contributed by atoms with Crippen LogP contribution in [-0.4, -0.2) is 45.9 Å². The van der Waals surface area contributed by atoms with Crippen LogP contribution in [-0.2, 0) is 17.8 Å². The van der Waals surface area contributed by atoms with Crippen LogP contribution < -0.4 is 10.2 Å². The van der Waals surface area contributed by atoms with Crippen molar-refractivity contribution < 1.29 is 14.8 Å². The number of aliphatic hydroxyl groups is 1. The van der Waals surface area contributed by atoms with Crippen molar-refractivity contribution in [2.45, 2.75) is 53.0 Å². The fourth-order valence-corrected chi connectivity index (χ4v) is 4.19. The number of nitriles is 1. The van der Waals surface area contributed by atoms with Gasteiger partial charge in [0.2, 0.25) is 0 Å².